The van der Waals surface area contributed by atoms with Gasteiger partial charge >= 0.3 is 5.97 Å². The van der Waals surface area contributed by atoms with E-state index in [1.165, 1.54) is 6.92 Å². The summed E-state index contributed by atoms with van der Waals surface area (Å²) in [5.74, 6) is 0.440. The van der Waals surface area contributed by atoms with Gasteiger partial charge in [-0.05, 0) is 42.6 Å². The highest BCUT2D eigenvalue weighted by molar-refractivity contribution is 6.00. The van der Waals surface area contributed by atoms with Gasteiger partial charge in [-0.1, -0.05) is 27.7 Å². The van der Waals surface area contributed by atoms with E-state index in [0.29, 0.717) is 30.7 Å². The first-order chi connectivity index (χ1) is 14.9. The van der Waals surface area contributed by atoms with E-state index in [0.717, 1.165) is 24.0 Å². The predicted octanol–water partition coefficient (Wildman–Crippen LogP) is 3.08. The quantitative estimate of drug-likeness (QED) is 0.576. The van der Waals surface area contributed by atoms with Crippen LogP contribution >= 0.6 is 0 Å². The Morgan fingerprint density at radius 3 is 2.66 bits per heavy atom. The highest BCUT2D eigenvalue weighted by Gasteiger charge is 2.69. The van der Waals surface area contributed by atoms with Gasteiger partial charge in [-0.3, -0.25) is 9.59 Å². The van der Waals surface area contributed by atoms with Crippen molar-refractivity contribution in [3.8, 4) is 11.5 Å². The van der Waals surface area contributed by atoms with Crippen LogP contribution in [0.5, 0.6) is 11.5 Å². The lowest BCUT2D eigenvalue weighted by atomic mass is 9.43. The summed E-state index contributed by atoms with van der Waals surface area (Å²) in [5.41, 5.74) is 0.500. The van der Waals surface area contributed by atoms with E-state index in [9.17, 15) is 19.8 Å². The lowest BCUT2D eigenvalue weighted by Gasteiger charge is -2.65. The maximum atomic E-state index is 12.3. The largest absolute Gasteiger partial charge is 0.508 e. The maximum Gasteiger partial charge on any atom is 0.302 e. The average Bonchev–Trinajstić information content (AvgIpc) is 3.27. The van der Waals surface area contributed by atoms with Crippen LogP contribution in [0.1, 0.15) is 75.4 Å². The third-order valence-electron chi connectivity index (χ3n) is 9.23. The second-order valence-electron chi connectivity index (χ2n) is 11.1. The molecule has 0 aromatic heterocycles. The number of aliphatic hydroxyl groups is 1. The number of ether oxygens (including phenoxy) is 2. The van der Waals surface area contributed by atoms with Crippen LogP contribution in [0.4, 0.5) is 0 Å². The first-order valence-electron chi connectivity index (χ1n) is 11.6. The highest BCUT2D eigenvalue weighted by Crippen LogP contribution is 2.67. The van der Waals surface area contributed by atoms with Crippen LogP contribution in [0, 0.1) is 22.7 Å². The molecule has 1 amide bonds. The van der Waals surface area contributed by atoms with Crippen molar-refractivity contribution in [3.05, 3.63) is 22.8 Å². The van der Waals surface area contributed by atoms with Crippen LogP contribution in [-0.4, -0.2) is 39.9 Å². The second-order valence-corrected chi connectivity index (χ2v) is 11.1. The zero-order valence-corrected chi connectivity index (χ0v) is 19.4. The van der Waals surface area contributed by atoms with Gasteiger partial charge in [0.2, 0.25) is 0 Å². The molecule has 174 valence electrons. The molecule has 1 aromatic carbocycles. The minimum atomic E-state index is -0.766. The molecular weight excluding hydrogens is 410 g/mol. The number of phenolic OH excluding ortho intramolecular Hbond substituents is 1. The molecule has 2 fully saturated rings. The standard InChI is InChI=1S/C25H33NO6/c1-12-6-7-19-23(3,4)21(29)18(31-13(2)27)10-24(19,5)25(12)9-15-17(28)8-14-16(20(15)32-25)11-26-22(14)30/h8,12,18-19,21,28-29H,6-7,9-11H2,1-5H3,(H,26,30). The summed E-state index contributed by atoms with van der Waals surface area (Å²) in [5, 5.41) is 24.8. The molecule has 7 heteroatoms. The summed E-state index contributed by atoms with van der Waals surface area (Å²) in [4.78, 5) is 24.1. The van der Waals surface area contributed by atoms with Gasteiger partial charge in [0.25, 0.3) is 5.91 Å². The number of rotatable bonds is 1. The summed E-state index contributed by atoms with van der Waals surface area (Å²) < 4.78 is 12.5. The third kappa shape index (κ3) is 2.57. The number of carbonyl (C=O) groups is 2. The smallest absolute Gasteiger partial charge is 0.302 e. The van der Waals surface area contributed by atoms with Gasteiger partial charge in [-0.15, -0.1) is 0 Å². The molecule has 2 aliphatic carbocycles. The number of amides is 1. The maximum absolute atomic E-state index is 12.3. The number of hydrogen-bond acceptors (Lipinski definition) is 6. The topological polar surface area (TPSA) is 105 Å². The molecule has 6 unspecified atom stereocenters. The zero-order valence-electron chi connectivity index (χ0n) is 19.4. The van der Waals surface area contributed by atoms with E-state index >= 15 is 0 Å². The summed E-state index contributed by atoms with van der Waals surface area (Å²) >= 11 is 0. The van der Waals surface area contributed by atoms with Gasteiger partial charge in [-0.2, -0.15) is 0 Å². The van der Waals surface area contributed by atoms with E-state index < -0.39 is 34.6 Å². The number of benzene rings is 1. The first kappa shape index (κ1) is 21.6. The Bertz CT molecular complexity index is 1020. The normalized spacial score (nSPS) is 39.0. The number of aliphatic hydroxyl groups excluding tert-OH is 1. The van der Waals surface area contributed by atoms with E-state index in [-0.39, 0.29) is 23.5 Å². The molecule has 32 heavy (non-hydrogen) atoms. The summed E-state index contributed by atoms with van der Waals surface area (Å²) in [6, 6.07) is 1.56. The van der Waals surface area contributed by atoms with Crippen LogP contribution in [0.25, 0.3) is 0 Å². The van der Waals surface area contributed by atoms with E-state index in [1.807, 2.05) is 0 Å². The van der Waals surface area contributed by atoms with Crippen molar-refractivity contribution < 1.29 is 29.3 Å². The van der Waals surface area contributed by atoms with Crippen LogP contribution in [0.15, 0.2) is 6.07 Å². The number of phenols is 1. The summed E-state index contributed by atoms with van der Waals surface area (Å²) in [6.07, 6.45) is 1.50. The minimum Gasteiger partial charge on any atom is -0.508 e. The Morgan fingerprint density at radius 2 is 1.97 bits per heavy atom. The fourth-order valence-corrected chi connectivity index (χ4v) is 7.61. The molecule has 2 saturated carbocycles. The van der Waals surface area contributed by atoms with E-state index in [1.54, 1.807) is 6.07 Å². The molecule has 6 atom stereocenters. The third-order valence-corrected chi connectivity index (χ3v) is 9.23. The van der Waals surface area contributed by atoms with E-state index in [4.69, 9.17) is 9.47 Å². The number of carbonyl (C=O) groups excluding carboxylic acids is 2. The van der Waals surface area contributed by atoms with Gasteiger partial charge in [0.15, 0.2) is 0 Å². The van der Waals surface area contributed by atoms with Gasteiger partial charge in [0.1, 0.15) is 23.2 Å². The number of aromatic hydroxyl groups is 1. The van der Waals surface area contributed by atoms with Gasteiger partial charge in [0.05, 0.1) is 11.7 Å². The van der Waals surface area contributed by atoms with Crippen LogP contribution in [-0.2, 0) is 22.5 Å². The molecule has 0 bridgehead atoms. The van der Waals surface area contributed by atoms with Crippen molar-refractivity contribution in [1.82, 2.24) is 5.32 Å². The minimum absolute atomic E-state index is 0.0947. The molecule has 1 spiro atoms. The average molecular weight is 444 g/mol. The van der Waals surface area contributed by atoms with Crippen LogP contribution in [0.3, 0.4) is 0 Å². The fourth-order valence-electron chi connectivity index (χ4n) is 7.61. The second kappa shape index (κ2) is 6.62. The van der Waals surface area contributed by atoms with Gasteiger partial charge in [0, 0.05) is 36.4 Å². The predicted molar refractivity (Wildman–Crippen MR) is 116 cm³/mol. The van der Waals surface area contributed by atoms with E-state index in [2.05, 4.69) is 33.0 Å². The summed E-state index contributed by atoms with van der Waals surface area (Å²) in [7, 11) is 0. The van der Waals surface area contributed by atoms with Crippen LogP contribution < -0.4 is 10.1 Å². The van der Waals surface area contributed by atoms with Crippen molar-refractivity contribution in [2.75, 3.05) is 0 Å². The zero-order chi connectivity index (χ0) is 23.2. The molecule has 7 nitrogen and oxygen atoms in total. The highest BCUT2D eigenvalue weighted by atomic mass is 16.6. The van der Waals surface area contributed by atoms with Crippen molar-refractivity contribution in [2.24, 2.45) is 22.7 Å². The number of nitrogens with one attached hydrogen (secondary N) is 1. The number of fused-ring (bicyclic) bond motifs is 5. The molecule has 3 N–H and O–H groups in total. The Balaban J connectivity index is 1.64. The fraction of sp³-hybridized carbons (Fsp3) is 0.680. The lowest BCUT2D eigenvalue weighted by Crippen LogP contribution is -2.69. The SMILES string of the molecule is CC(=O)OC1CC2(C)C(CCC(C)C23Cc2c(O)cc4c(c2O3)CNC4=O)C(C)(C)C1O. The molecule has 0 radical (unpaired) electrons. The van der Waals surface area contributed by atoms with Gasteiger partial charge in [-0.25, -0.2) is 0 Å². The Kier molecular flexibility index (Phi) is 4.46. The van der Waals surface area contributed by atoms with Gasteiger partial charge < -0.3 is 25.0 Å². The number of hydrogen-bond donors (Lipinski definition) is 3. The van der Waals surface area contributed by atoms with Crippen molar-refractivity contribution in [1.29, 1.82) is 0 Å². The lowest BCUT2D eigenvalue weighted by molar-refractivity contribution is -0.245. The molecule has 2 aliphatic heterocycles. The Labute approximate surface area is 188 Å². The van der Waals surface area contributed by atoms with Crippen molar-refractivity contribution in [3.63, 3.8) is 0 Å². The first-order valence-corrected chi connectivity index (χ1v) is 11.6. The summed E-state index contributed by atoms with van der Waals surface area (Å²) in [6.45, 7) is 10.3. The van der Waals surface area contributed by atoms with Crippen molar-refractivity contribution in [2.45, 2.75) is 84.7 Å². The Morgan fingerprint density at radius 1 is 1.25 bits per heavy atom. The van der Waals surface area contributed by atoms with Crippen LogP contribution in [0.2, 0.25) is 0 Å². The van der Waals surface area contributed by atoms with Crippen molar-refractivity contribution >= 4 is 11.9 Å². The monoisotopic (exact) mass is 443 g/mol. The number of esters is 1. The molecular formula is C25H33NO6. The Hall–Kier alpha value is -2.28. The molecule has 5 rings (SSSR count). The molecule has 1 aromatic rings. The molecule has 0 saturated heterocycles. The molecule has 2 heterocycles. The molecule has 4 aliphatic rings.